The Bertz CT molecular complexity index is 1850. The Morgan fingerprint density at radius 1 is 0.911 bits per heavy atom. The zero-order valence-electron chi connectivity index (χ0n) is 25.3. The number of ether oxygens (including phenoxy) is 3. The lowest BCUT2D eigenvalue weighted by Crippen LogP contribution is -2.47. The van der Waals surface area contributed by atoms with E-state index in [4.69, 9.17) is 14.2 Å². The summed E-state index contributed by atoms with van der Waals surface area (Å²) >= 11 is 0. The van der Waals surface area contributed by atoms with Crippen molar-refractivity contribution in [1.82, 2.24) is 19.5 Å². The molecule has 1 saturated carbocycles. The molecule has 45 heavy (non-hydrogen) atoms. The van der Waals surface area contributed by atoms with Gasteiger partial charge in [-0.2, -0.15) is 4.98 Å². The second-order valence-electron chi connectivity index (χ2n) is 11.4. The molecule has 2 aromatic heterocycles. The molecule has 5 aromatic rings. The molecule has 1 N–H and O–H groups in total. The van der Waals surface area contributed by atoms with E-state index in [1.165, 1.54) is 0 Å². The number of pyridine rings is 1. The van der Waals surface area contributed by atoms with Crippen LogP contribution in [0.1, 0.15) is 36.8 Å². The van der Waals surface area contributed by atoms with E-state index in [9.17, 15) is 9.59 Å². The summed E-state index contributed by atoms with van der Waals surface area (Å²) < 4.78 is 18.3. The number of amides is 2. The smallest absolute Gasteiger partial charge is 0.410 e. The highest BCUT2D eigenvalue weighted by Gasteiger charge is 2.40. The Morgan fingerprint density at radius 3 is 2.18 bits per heavy atom. The lowest BCUT2D eigenvalue weighted by molar-refractivity contribution is -0.120. The van der Waals surface area contributed by atoms with Gasteiger partial charge in [0.25, 0.3) is 0 Å². The zero-order chi connectivity index (χ0) is 31.1. The SMILES string of the molecule is COc1cc(OC)cc(-c2ccc3nc(NC(=O)[C@H](C)N(C(=O)OCC4c5ccccc5-c5ccccc54)C4CC4)nn3c2)c1. The fourth-order valence-electron chi connectivity index (χ4n) is 6.07. The van der Waals surface area contributed by atoms with Gasteiger partial charge in [-0.15, -0.1) is 5.10 Å². The predicted molar refractivity (Wildman–Crippen MR) is 170 cm³/mol. The summed E-state index contributed by atoms with van der Waals surface area (Å²) in [4.78, 5) is 32.9. The van der Waals surface area contributed by atoms with E-state index in [1.54, 1.807) is 36.6 Å². The van der Waals surface area contributed by atoms with Crippen LogP contribution in [-0.4, -0.2) is 64.4 Å². The van der Waals surface area contributed by atoms with E-state index in [-0.39, 0.29) is 30.4 Å². The van der Waals surface area contributed by atoms with E-state index in [0.717, 1.165) is 46.2 Å². The monoisotopic (exact) mass is 603 g/mol. The standard InChI is InChI=1S/C35H33N5O5/c1-21(33(41)37-34-36-32-15-12-22(19-39(32)38-34)23-16-25(43-2)18-26(17-23)44-3)40(24-13-14-24)35(42)45-20-31-29-10-6-4-8-27(29)28-9-5-7-11-30(28)31/h4-12,15-19,21,24,31H,13-14,20H2,1-3H3,(H,37,38,41)/t21-/m0/s1. The number of aromatic nitrogens is 3. The van der Waals surface area contributed by atoms with E-state index in [2.05, 4.69) is 39.7 Å². The molecular weight excluding hydrogens is 570 g/mol. The van der Waals surface area contributed by atoms with Gasteiger partial charge in [0.15, 0.2) is 5.65 Å². The Morgan fingerprint density at radius 2 is 1.56 bits per heavy atom. The van der Waals surface area contributed by atoms with Gasteiger partial charge in [-0.25, -0.2) is 9.31 Å². The molecule has 2 amide bonds. The van der Waals surface area contributed by atoms with Gasteiger partial charge in [0.1, 0.15) is 24.1 Å². The van der Waals surface area contributed by atoms with Crippen molar-refractivity contribution < 1.29 is 23.8 Å². The van der Waals surface area contributed by atoms with Crippen LogP contribution in [-0.2, 0) is 9.53 Å². The first-order valence-corrected chi connectivity index (χ1v) is 15.0. The molecular formula is C35H33N5O5. The quantitative estimate of drug-likeness (QED) is 0.215. The molecule has 0 aliphatic heterocycles. The first-order valence-electron chi connectivity index (χ1n) is 15.0. The second-order valence-corrected chi connectivity index (χ2v) is 11.4. The Kier molecular flexibility index (Phi) is 7.32. The van der Waals surface area contributed by atoms with Crippen molar-refractivity contribution in [3.05, 3.63) is 96.2 Å². The average Bonchev–Trinajstić information content (AvgIpc) is 3.74. The first kappa shape index (κ1) is 28.4. The summed E-state index contributed by atoms with van der Waals surface area (Å²) in [6.45, 7) is 1.90. The predicted octanol–water partition coefficient (Wildman–Crippen LogP) is 6.15. The van der Waals surface area contributed by atoms with Gasteiger partial charge in [0, 0.05) is 29.8 Å². The molecule has 0 radical (unpaired) electrons. The molecule has 10 nitrogen and oxygen atoms in total. The van der Waals surface area contributed by atoms with Crippen molar-refractivity contribution in [2.45, 2.75) is 37.8 Å². The maximum atomic E-state index is 13.5. The number of carbonyl (C=O) groups excluding carboxylic acids is 2. The summed E-state index contributed by atoms with van der Waals surface area (Å²) in [7, 11) is 3.21. The average molecular weight is 604 g/mol. The fourth-order valence-corrected chi connectivity index (χ4v) is 6.07. The Balaban J connectivity index is 1.05. The van der Waals surface area contributed by atoms with Crippen LogP contribution in [0.2, 0.25) is 0 Å². The molecule has 228 valence electrons. The van der Waals surface area contributed by atoms with Crippen molar-refractivity contribution >= 4 is 23.6 Å². The fraction of sp³-hybridized carbons (Fsp3) is 0.257. The Labute approximate surface area is 260 Å². The zero-order valence-corrected chi connectivity index (χ0v) is 25.3. The van der Waals surface area contributed by atoms with E-state index < -0.39 is 12.1 Å². The van der Waals surface area contributed by atoms with Gasteiger partial charge >= 0.3 is 6.09 Å². The topological polar surface area (TPSA) is 107 Å². The molecule has 2 aliphatic rings. The van der Waals surface area contributed by atoms with Gasteiger partial charge in [0.05, 0.1) is 14.2 Å². The number of methoxy groups -OCH3 is 2. The number of hydrogen-bond acceptors (Lipinski definition) is 7. The number of nitrogens with one attached hydrogen (secondary N) is 1. The minimum absolute atomic E-state index is 0.0437. The molecule has 7 rings (SSSR count). The number of anilines is 1. The van der Waals surface area contributed by atoms with Crippen LogP contribution in [0.15, 0.2) is 85.1 Å². The highest BCUT2D eigenvalue weighted by atomic mass is 16.6. The third kappa shape index (κ3) is 5.43. The molecule has 1 atom stereocenters. The first-order chi connectivity index (χ1) is 21.9. The normalized spacial score (nSPS) is 14.4. The van der Waals surface area contributed by atoms with Gasteiger partial charge in [-0.05, 0) is 71.8 Å². The Hall–Kier alpha value is -5.38. The minimum Gasteiger partial charge on any atom is -0.497 e. The van der Waals surface area contributed by atoms with Crippen LogP contribution in [0.4, 0.5) is 10.7 Å². The number of carbonyl (C=O) groups is 2. The lowest BCUT2D eigenvalue weighted by Gasteiger charge is -2.28. The molecule has 0 bridgehead atoms. The van der Waals surface area contributed by atoms with Crippen molar-refractivity contribution in [2.24, 2.45) is 0 Å². The third-order valence-electron chi connectivity index (χ3n) is 8.53. The van der Waals surface area contributed by atoms with Gasteiger partial charge in [-0.1, -0.05) is 48.5 Å². The van der Waals surface area contributed by atoms with Crippen molar-refractivity contribution in [3.8, 4) is 33.8 Å². The minimum atomic E-state index is -0.778. The number of rotatable bonds is 9. The molecule has 0 spiro atoms. The molecule has 1 fully saturated rings. The molecule has 3 aromatic carbocycles. The maximum Gasteiger partial charge on any atom is 0.410 e. The number of benzene rings is 3. The molecule has 0 unspecified atom stereocenters. The van der Waals surface area contributed by atoms with Crippen molar-refractivity contribution in [2.75, 3.05) is 26.1 Å². The van der Waals surface area contributed by atoms with Gasteiger partial charge in [0.2, 0.25) is 11.9 Å². The van der Waals surface area contributed by atoms with Crippen molar-refractivity contribution in [3.63, 3.8) is 0 Å². The molecule has 2 aliphatic carbocycles. The van der Waals surface area contributed by atoms with Gasteiger partial charge in [-0.3, -0.25) is 15.0 Å². The summed E-state index contributed by atoms with van der Waals surface area (Å²) in [6.07, 6.45) is 2.98. The van der Waals surface area contributed by atoms with Crippen molar-refractivity contribution in [1.29, 1.82) is 0 Å². The maximum absolute atomic E-state index is 13.5. The van der Waals surface area contributed by atoms with Crippen LogP contribution in [0.5, 0.6) is 11.5 Å². The van der Waals surface area contributed by atoms with Gasteiger partial charge < -0.3 is 14.2 Å². The van der Waals surface area contributed by atoms with E-state index >= 15 is 0 Å². The van der Waals surface area contributed by atoms with E-state index in [0.29, 0.717) is 17.1 Å². The highest BCUT2D eigenvalue weighted by Crippen LogP contribution is 2.44. The van der Waals surface area contributed by atoms with Crippen LogP contribution < -0.4 is 14.8 Å². The third-order valence-corrected chi connectivity index (χ3v) is 8.53. The summed E-state index contributed by atoms with van der Waals surface area (Å²) in [5, 5.41) is 7.28. The van der Waals surface area contributed by atoms with Crippen LogP contribution in [0, 0.1) is 0 Å². The second kappa shape index (κ2) is 11.6. The van der Waals surface area contributed by atoms with Crippen LogP contribution in [0.3, 0.4) is 0 Å². The summed E-state index contributed by atoms with van der Waals surface area (Å²) in [5.41, 5.74) is 6.92. The molecule has 0 saturated heterocycles. The number of hydrogen-bond donors (Lipinski definition) is 1. The van der Waals surface area contributed by atoms with E-state index in [1.807, 2.05) is 54.7 Å². The summed E-state index contributed by atoms with van der Waals surface area (Å²) in [6, 6.07) is 25.0. The summed E-state index contributed by atoms with van der Waals surface area (Å²) in [5.74, 6) is 1.04. The lowest BCUT2D eigenvalue weighted by atomic mass is 9.98. The van der Waals surface area contributed by atoms with Crippen LogP contribution in [0.25, 0.3) is 27.9 Å². The molecule has 10 heteroatoms. The largest absolute Gasteiger partial charge is 0.497 e. The molecule has 2 heterocycles. The highest BCUT2D eigenvalue weighted by molar-refractivity contribution is 5.95. The number of fused-ring (bicyclic) bond motifs is 4. The number of nitrogens with zero attached hydrogens (tertiary/aromatic N) is 4. The van der Waals surface area contributed by atoms with Crippen LogP contribution >= 0.6 is 0 Å².